The molecule has 2 aromatic carbocycles. The van der Waals surface area contributed by atoms with Crippen LogP contribution in [0.25, 0.3) is 21.6 Å². The smallest absolute Gasteiger partial charge is 0.240 e. The summed E-state index contributed by atoms with van der Waals surface area (Å²) in [6.07, 6.45) is 1.52. The number of para-hydroxylation sites is 2. The highest BCUT2D eigenvalue weighted by Gasteiger charge is 2.12. The highest BCUT2D eigenvalue weighted by Crippen LogP contribution is 2.24. The molecular formula is C23H24N4OS. The minimum atomic E-state index is -0.00293. The lowest BCUT2D eigenvalue weighted by molar-refractivity contribution is -0.121. The van der Waals surface area contributed by atoms with Gasteiger partial charge in [0.25, 0.3) is 0 Å². The number of carbonyl (C=O) groups is 1. The lowest BCUT2D eigenvalue weighted by Crippen LogP contribution is -2.30. The third-order valence-electron chi connectivity index (χ3n) is 4.91. The molecule has 4 aromatic rings. The summed E-state index contributed by atoms with van der Waals surface area (Å²) in [4.78, 5) is 21.8. The van der Waals surface area contributed by atoms with Crippen molar-refractivity contribution in [2.24, 2.45) is 0 Å². The van der Waals surface area contributed by atoms with E-state index in [1.807, 2.05) is 28.8 Å². The van der Waals surface area contributed by atoms with E-state index >= 15 is 0 Å². The van der Waals surface area contributed by atoms with Crippen LogP contribution in [0, 0.1) is 6.92 Å². The number of hydrogen-bond donors (Lipinski definition) is 1. The molecular weight excluding hydrogens is 380 g/mol. The Labute approximate surface area is 174 Å². The zero-order chi connectivity index (χ0) is 20.2. The van der Waals surface area contributed by atoms with Crippen LogP contribution in [0.2, 0.25) is 0 Å². The topological polar surface area (TPSA) is 59.8 Å². The molecule has 0 saturated heterocycles. The van der Waals surface area contributed by atoms with Gasteiger partial charge in [0.15, 0.2) is 0 Å². The lowest BCUT2D eigenvalue weighted by Gasteiger charge is -2.09. The molecule has 29 heavy (non-hydrogen) atoms. The SMILES string of the molecule is CCc1nc2ccccc2n1CC(=O)NCCc1csc(-c2ccc(C)cc2)n1. The number of rotatable bonds is 7. The molecule has 2 aromatic heterocycles. The van der Waals surface area contributed by atoms with Gasteiger partial charge in [-0.3, -0.25) is 4.79 Å². The fraction of sp³-hybridized carbons (Fsp3) is 0.261. The van der Waals surface area contributed by atoms with E-state index in [0.717, 1.165) is 46.0 Å². The molecule has 0 unspecified atom stereocenters. The Morgan fingerprint density at radius 2 is 1.90 bits per heavy atom. The number of nitrogens with one attached hydrogen (secondary N) is 1. The van der Waals surface area contributed by atoms with Crippen LogP contribution in [-0.2, 0) is 24.2 Å². The maximum Gasteiger partial charge on any atom is 0.240 e. The average Bonchev–Trinajstić information content (AvgIpc) is 3.34. The predicted octanol–water partition coefficient (Wildman–Crippen LogP) is 4.39. The fourth-order valence-corrected chi connectivity index (χ4v) is 4.21. The second kappa shape index (κ2) is 8.57. The Balaban J connectivity index is 1.35. The summed E-state index contributed by atoms with van der Waals surface area (Å²) in [5, 5.41) is 6.11. The third-order valence-corrected chi connectivity index (χ3v) is 5.85. The maximum absolute atomic E-state index is 12.5. The van der Waals surface area contributed by atoms with E-state index in [4.69, 9.17) is 4.98 Å². The van der Waals surface area contributed by atoms with Crippen molar-refractivity contribution < 1.29 is 4.79 Å². The maximum atomic E-state index is 12.5. The number of carbonyl (C=O) groups excluding carboxylic acids is 1. The number of fused-ring (bicyclic) bond motifs is 1. The summed E-state index contributed by atoms with van der Waals surface area (Å²) in [6.45, 7) is 5.00. The molecule has 4 rings (SSSR count). The summed E-state index contributed by atoms with van der Waals surface area (Å²) >= 11 is 1.64. The molecule has 0 aliphatic carbocycles. The first-order valence-electron chi connectivity index (χ1n) is 9.86. The zero-order valence-corrected chi connectivity index (χ0v) is 17.5. The summed E-state index contributed by atoms with van der Waals surface area (Å²) in [5.74, 6) is 0.931. The number of imidazole rings is 1. The van der Waals surface area contributed by atoms with Gasteiger partial charge in [0, 0.05) is 30.3 Å². The van der Waals surface area contributed by atoms with Crippen molar-refractivity contribution in [2.45, 2.75) is 33.2 Å². The van der Waals surface area contributed by atoms with Crippen LogP contribution < -0.4 is 5.32 Å². The number of hydrogen-bond acceptors (Lipinski definition) is 4. The molecule has 0 fully saturated rings. The van der Waals surface area contributed by atoms with Crippen LogP contribution in [0.5, 0.6) is 0 Å². The van der Waals surface area contributed by atoms with Gasteiger partial charge in [-0.15, -0.1) is 11.3 Å². The minimum Gasteiger partial charge on any atom is -0.354 e. The molecule has 0 aliphatic rings. The predicted molar refractivity (Wildman–Crippen MR) is 118 cm³/mol. The van der Waals surface area contributed by atoms with Gasteiger partial charge in [-0.2, -0.15) is 0 Å². The van der Waals surface area contributed by atoms with Crippen LogP contribution in [0.3, 0.4) is 0 Å². The molecule has 0 radical (unpaired) electrons. The Bertz CT molecular complexity index is 1130. The standard InChI is InChI=1S/C23H24N4OS/c1-3-21-26-19-6-4-5-7-20(19)27(21)14-22(28)24-13-12-18-15-29-23(25-18)17-10-8-16(2)9-11-17/h4-11,15H,3,12-14H2,1-2H3,(H,24,28). The Kier molecular flexibility index (Phi) is 5.71. The van der Waals surface area contributed by atoms with Crippen molar-refractivity contribution in [3.63, 3.8) is 0 Å². The monoisotopic (exact) mass is 404 g/mol. The van der Waals surface area contributed by atoms with Crippen molar-refractivity contribution in [3.05, 3.63) is 71.0 Å². The molecule has 5 nitrogen and oxygen atoms in total. The Morgan fingerprint density at radius 1 is 1.10 bits per heavy atom. The van der Waals surface area contributed by atoms with Gasteiger partial charge in [-0.1, -0.05) is 48.9 Å². The van der Waals surface area contributed by atoms with Gasteiger partial charge in [0.05, 0.1) is 16.7 Å². The van der Waals surface area contributed by atoms with Gasteiger partial charge in [-0.05, 0) is 19.1 Å². The molecule has 6 heteroatoms. The van der Waals surface area contributed by atoms with Crippen molar-refractivity contribution in [1.82, 2.24) is 19.9 Å². The first-order chi connectivity index (χ1) is 14.1. The van der Waals surface area contributed by atoms with Crippen molar-refractivity contribution in [1.29, 1.82) is 0 Å². The summed E-state index contributed by atoms with van der Waals surface area (Å²) in [6, 6.07) is 16.3. The second-order valence-corrected chi connectivity index (χ2v) is 7.92. The molecule has 0 atom stereocenters. The number of benzene rings is 2. The molecule has 0 saturated carbocycles. The van der Waals surface area contributed by atoms with Crippen molar-refractivity contribution in [3.8, 4) is 10.6 Å². The van der Waals surface area contributed by atoms with Gasteiger partial charge >= 0.3 is 0 Å². The average molecular weight is 405 g/mol. The summed E-state index contributed by atoms with van der Waals surface area (Å²) < 4.78 is 2.00. The van der Waals surface area contributed by atoms with E-state index in [2.05, 4.69) is 53.8 Å². The molecule has 0 aliphatic heterocycles. The van der Waals surface area contributed by atoms with Crippen molar-refractivity contribution >= 4 is 28.3 Å². The van der Waals surface area contributed by atoms with Gasteiger partial charge in [0.1, 0.15) is 17.4 Å². The number of thiazole rings is 1. The highest BCUT2D eigenvalue weighted by molar-refractivity contribution is 7.13. The van der Waals surface area contributed by atoms with Crippen LogP contribution in [-0.4, -0.2) is 27.0 Å². The van der Waals surface area contributed by atoms with Crippen LogP contribution in [0.15, 0.2) is 53.9 Å². The first-order valence-corrected chi connectivity index (χ1v) is 10.7. The lowest BCUT2D eigenvalue weighted by atomic mass is 10.2. The largest absolute Gasteiger partial charge is 0.354 e. The van der Waals surface area contributed by atoms with E-state index < -0.39 is 0 Å². The molecule has 2 heterocycles. The van der Waals surface area contributed by atoms with E-state index in [-0.39, 0.29) is 12.5 Å². The van der Waals surface area contributed by atoms with Crippen molar-refractivity contribution in [2.75, 3.05) is 6.54 Å². The van der Waals surface area contributed by atoms with Gasteiger partial charge < -0.3 is 9.88 Å². The van der Waals surface area contributed by atoms with E-state index in [1.165, 1.54) is 5.56 Å². The van der Waals surface area contributed by atoms with E-state index in [1.54, 1.807) is 11.3 Å². The van der Waals surface area contributed by atoms with Gasteiger partial charge in [0.2, 0.25) is 5.91 Å². The molecule has 0 spiro atoms. The quantitative estimate of drug-likeness (QED) is 0.497. The van der Waals surface area contributed by atoms with Crippen LogP contribution >= 0.6 is 11.3 Å². The third kappa shape index (κ3) is 4.38. The van der Waals surface area contributed by atoms with E-state index in [9.17, 15) is 4.79 Å². The number of nitrogens with zero attached hydrogens (tertiary/aromatic N) is 3. The zero-order valence-electron chi connectivity index (χ0n) is 16.7. The molecule has 0 bridgehead atoms. The Morgan fingerprint density at radius 3 is 2.69 bits per heavy atom. The summed E-state index contributed by atoms with van der Waals surface area (Å²) in [7, 11) is 0. The molecule has 1 N–H and O–H groups in total. The van der Waals surface area contributed by atoms with Crippen LogP contribution in [0.4, 0.5) is 0 Å². The second-order valence-electron chi connectivity index (χ2n) is 7.07. The number of aryl methyl sites for hydroxylation is 2. The minimum absolute atomic E-state index is 0.00293. The van der Waals surface area contributed by atoms with E-state index in [0.29, 0.717) is 6.54 Å². The fourth-order valence-electron chi connectivity index (χ4n) is 3.35. The normalized spacial score (nSPS) is 11.1. The molecule has 148 valence electrons. The molecule has 1 amide bonds. The highest BCUT2D eigenvalue weighted by atomic mass is 32.1. The number of amides is 1. The Hall–Kier alpha value is -2.99. The summed E-state index contributed by atoms with van der Waals surface area (Å²) in [5.41, 5.74) is 5.32. The number of aromatic nitrogens is 3. The van der Waals surface area contributed by atoms with Gasteiger partial charge in [-0.25, -0.2) is 9.97 Å². The first kappa shape index (κ1) is 19.3. The van der Waals surface area contributed by atoms with Crippen LogP contribution in [0.1, 0.15) is 24.0 Å².